The van der Waals surface area contributed by atoms with E-state index in [9.17, 15) is 9.59 Å². The van der Waals surface area contributed by atoms with Gasteiger partial charge in [0.25, 0.3) is 0 Å². The third kappa shape index (κ3) is 5.16. The lowest BCUT2D eigenvalue weighted by Crippen LogP contribution is -2.33. The summed E-state index contributed by atoms with van der Waals surface area (Å²) in [6.07, 6.45) is -0.0269. The summed E-state index contributed by atoms with van der Waals surface area (Å²) < 4.78 is 0. The normalized spacial score (nSPS) is 11.2. The Morgan fingerprint density at radius 3 is 2.80 bits per heavy atom. The predicted molar refractivity (Wildman–Crippen MR) is 74.6 cm³/mol. The van der Waals surface area contributed by atoms with E-state index in [-0.39, 0.29) is 18.9 Å². The van der Waals surface area contributed by atoms with Crippen LogP contribution in [0.25, 0.3) is 0 Å². The van der Waals surface area contributed by atoms with Crippen molar-refractivity contribution in [2.45, 2.75) is 13.3 Å². The number of nitrogens with one attached hydrogen (secondary N) is 2. The van der Waals surface area contributed by atoms with Crippen LogP contribution in [-0.4, -0.2) is 23.7 Å². The number of anilines is 1. The summed E-state index contributed by atoms with van der Waals surface area (Å²) in [5.74, 6) is -1.10. The van der Waals surface area contributed by atoms with Gasteiger partial charge in [-0.3, -0.25) is 4.79 Å². The molecule has 0 aromatic heterocycles. The van der Waals surface area contributed by atoms with E-state index in [1.165, 1.54) is 12.1 Å². The highest BCUT2D eigenvalue weighted by Crippen LogP contribution is 2.20. The van der Waals surface area contributed by atoms with Crippen LogP contribution in [0.3, 0.4) is 0 Å². The fourth-order valence-corrected chi connectivity index (χ4v) is 1.69. The molecule has 1 atom stereocenters. The molecule has 0 heterocycles. The summed E-state index contributed by atoms with van der Waals surface area (Å²) in [4.78, 5) is 22.1. The number of urea groups is 1. The van der Waals surface area contributed by atoms with Crippen molar-refractivity contribution in [1.82, 2.24) is 5.32 Å². The van der Waals surface area contributed by atoms with E-state index in [2.05, 4.69) is 10.6 Å². The standard InChI is InChI=1S/C13H14ClN3O3/c1-8(4-12(18)19)7-16-13(20)17-11-5-10(14)3-2-9(11)6-15/h2-3,5,8H,4,7H2,1H3,(H,18,19)(H2,16,17,20). The molecule has 3 N–H and O–H groups in total. The van der Waals surface area contributed by atoms with E-state index >= 15 is 0 Å². The average Bonchev–Trinajstić information content (AvgIpc) is 2.36. The Morgan fingerprint density at radius 1 is 1.50 bits per heavy atom. The number of rotatable bonds is 5. The molecule has 0 aliphatic rings. The summed E-state index contributed by atoms with van der Waals surface area (Å²) in [5.41, 5.74) is 0.603. The lowest BCUT2D eigenvalue weighted by molar-refractivity contribution is -0.137. The average molecular weight is 296 g/mol. The molecule has 0 aliphatic heterocycles. The molecule has 2 amide bonds. The van der Waals surface area contributed by atoms with Gasteiger partial charge in [0, 0.05) is 18.0 Å². The first-order valence-electron chi connectivity index (χ1n) is 5.88. The van der Waals surface area contributed by atoms with Crippen molar-refractivity contribution in [3.05, 3.63) is 28.8 Å². The number of aliphatic carboxylic acids is 1. The molecule has 0 saturated heterocycles. The van der Waals surface area contributed by atoms with Gasteiger partial charge in [-0.05, 0) is 24.1 Å². The molecule has 0 radical (unpaired) electrons. The van der Waals surface area contributed by atoms with Crippen LogP contribution in [0.2, 0.25) is 5.02 Å². The van der Waals surface area contributed by atoms with E-state index in [1.807, 2.05) is 6.07 Å². The van der Waals surface area contributed by atoms with E-state index in [0.717, 1.165) is 0 Å². The topological polar surface area (TPSA) is 102 Å². The molecule has 0 aliphatic carbocycles. The van der Waals surface area contributed by atoms with E-state index in [1.54, 1.807) is 13.0 Å². The van der Waals surface area contributed by atoms with Crippen molar-refractivity contribution < 1.29 is 14.7 Å². The van der Waals surface area contributed by atoms with Gasteiger partial charge in [-0.2, -0.15) is 5.26 Å². The molecule has 0 spiro atoms. The number of hydrogen-bond donors (Lipinski definition) is 3. The molecule has 1 aromatic carbocycles. The third-order valence-corrected chi connectivity index (χ3v) is 2.72. The van der Waals surface area contributed by atoms with Crippen LogP contribution in [0.4, 0.5) is 10.5 Å². The molecule has 0 bridgehead atoms. The summed E-state index contributed by atoms with van der Waals surface area (Å²) in [6, 6.07) is 5.96. The monoisotopic (exact) mass is 295 g/mol. The number of amides is 2. The van der Waals surface area contributed by atoms with Crippen LogP contribution in [0, 0.1) is 17.2 Å². The molecule has 1 rings (SSSR count). The van der Waals surface area contributed by atoms with Crippen molar-refractivity contribution in [2.75, 3.05) is 11.9 Å². The molecule has 1 unspecified atom stereocenters. The van der Waals surface area contributed by atoms with Crippen molar-refractivity contribution in [3.8, 4) is 6.07 Å². The predicted octanol–water partition coefficient (Wildman–Crippen LogP) is 2.44. The summed E-state index contributed by atoms with van der Waals surface area (Å²) in [7, 11) is 0. The SMILES string of the molecule is CC(CNC(=O)Nc1cc(Cl)ccc1C#N)CC(=O)O. The van der Waals surface area contributed by atoms with Gasteiger partial charge in [-0.1, -0.05) is 18.5 Å². The van der Waals surface area contributed by atoms with Gasteiger partial charge in [0.2, 0.25) is 0 Å². The number of hydrogen-bond acceptors (Lipinski definition) is 3. The quantitative estimate of drug-likeness (QED) is 0.776. The Bertz CT molecular complexity index is 554. The zero-order valence-electron chi connectivity index (χ0n) is 10.8. The Hall–Kier alpha value is -2.26. The van der Waals surface area contributed by atoms with Gasteiger partial charge >= 0.3 is 12.0 Å². The largest absolute Gasteiger partial charge is 0.481 e. The smallest absolute Gasteiger partial charge is 0.319 e. The van der Waals surface area contributed by atoms with Crippen molar-refractivity contribution in [2.24, 2.45) is 5.92 Å². The molecule has 1 aromatic rings. The van der Waals surface area contributed by atoms with Crippen LogP contribution in [-0.2, 0) is 4.79 Å². The Kier molecular flexibility index (Phi) is 5.81. The number of halogens is 1. The Balaban J connectivity index is 2.57. The maximum absolute atomic E-state index is 11.7. The van der Waals surface area contributed by atoms with Gasteiger partial charge in [0.05, 0.1) is 11.3 Å². The minimum absolute atomic E-state index is 0.0269. The van der Waals surface area contributed by atoms with Crippen molar-refractivity contribution in [1.29, 1.82) is 5.26 Å². The van der Waals surface area contributed by atoms with Gasteiger partial charge in [0.1, 0.15) is 6.07 Å². The molecule has 20 heavy (non-hydrogen) atoms. The Labute approximate surface area is 121 Å². The maximum atomic E-state index is 11.7. The lowest BCUT2D eigenvalue weighted by Gasteiger charge is -2.12. The van der Waals surface area contributed by atoms with Gasteiger partial charge in [-0.15, -0.1) is 0 Å². The van der Waals surface area contributed by atoms with Gasteiger partial charge < -0.3 is 15.7 Å². The summed E-state index contributed by atoms with van der Waals surface area (Å²) in [5, 5.41) is 23.0. The first kappa shape index (κ1) is 15.8. The zero-order chi connectivity index (χ0) is 15.1. The second-order valence-corrected chi connectivity index (χ2v) is 4.78. The molecule has 7 heteroatoms. The number of carbonyl (C=O) groups is 2. The third-order valence-electron chi connectivity index (χ3n) is 2.48. The molecule has 6 nitrogen and oxygen atoms in total. The number of carboxylic acid groups (broad SMARTS) is 1. The van der Waals surface area contributed by atoms with Crippen LogP contribution in [0.5, 0.6) is 0 Å². The molecular formula is C13H14ClN3O3. The Morgan fingerprint density at radius 2 is 2.20 bits per heavy atom. The fraction of sp³-hybridized carbons (Fsp3) is 0.308. The summed E-state index contributed by atoms with van der Waals surface area (Å²) >= 11 is 5.80. The van der Waals surface area contributed by atoms with Crippen LogP contribution in [0.15, 0.2) is 18.2 Å². The van der Waals surface area contributed by atoms with E-state index in [0.29, 0.717) is 16.3 Å². The maximum Gasteiger partial charge on any atom is 0.319 e. The minimum atomic E-state index is -0.915. The summed E-state index contributed by atoms with van der Waals surface area (Å²) in [6.45, 7) is 1.94. The highest BCUT2D eigenvalue weighted by Gasteiger charge is 2.11. The first-order chi connectivity index (χ1) is 9.42. The lowest BCUT2D eigenvalue weighted by atomic mass is 10.1. The number of nitrogens with zero attached hydrogens (tertiary/aromatic N) is 1. The molecule has 0 saturated carbocycles. The highest BCUT2D eigenvalue weighted by atomic mass is 35.5. The van der Waals surface area contributed by atoms with Crippen molar-refractivity contribution in [3.63, 3.8) is 0 Å². The van der Waals surface area contributed by atoms with Crippen LogP contribution >= 0.6 is 11.6 Å². The molecular weight excluding hydrogens is 282 g/mol. The number of nitriles is 1. The van der Waals surface area contributed by atoms with E-state index < -0.39 is 12.0 Å². The minimum Gasteiger partial charge on any atom is -0.481 e. The van der Waals surface area contributed by atoms with Crippen LogP contribution in [0.1, 0.15) is 18.9 Å². The van der Waals surface area contributed by atoms with E-state index in [4.69, 9.17) is 22.0 Å². The number of benzene rings is 1. The second-order valence-electron chi connectivity index (χ2n) is 4.34. The second kappa shape index (κ2) is 7.36. The first-order valence-corrected chi connectivity index (χ1v) is 6.26. The molecule has 106 valence electrons. The molecule has 0 fully saturated rings. The fourth-order valence-electron chi connectivity index (χ4n) is 1.52. The highest BCUT2D eigenvalue weighted by molar-refractivity contribution is 6.31. The van der Waals surface area contributed by atoms with Gasteiger partial charge in [0.15, 0.2) is 0 Å². The van der Waals surface area contributed by atoms with Gasteiger partial charge in [-0.25, -0.2) is 4.79 Å². The zero-order valence-corrected chi connectivity index (χ0v) is 11.6. The van der Waals surface area contributed by atoms with Crippen LogP contribution < -0.4 is 10.6 Å². The number of carboxylic acids is 1. The van der Waals surface area contributed by atoms with Crippen molar-refractivity contribution >= 4 is 29.3 Å². The number of carbonyl (C=O) groups excluding carboxylic acids is 1.